The van der Waals surface area contributed by atoms with Gasteiger partial charge in [0.2, 0.25) is 5.91 Å². The number of aromatic nitrogens is 3. The van der Waals surface area contributed by atoms with Crippen molar-refractivity contribution in [2.24, 2.45) is 5.92 Å². The normalized spacial score (nSPS) is 24.6. The van der Waals surface area contributed by atoms with E-state index in [9.17, 15) is 4.79 Å². The third-order valence-electron chi connectivity index (χ3n) is 5.35. The van der Waals surface area contributed by atoms with E-state index in [4.69, 9.17) is 5.26 Å². The van der Waals surface area contributed by atoms with Crippen LogP contribution in [0, 0.1) is 17.2 Å². The van der Waals surface area contributed by atoms with Crippen LogP contribution in [0.3, 0.4) is 0 Å². The molecule has 4 rings (SSSR count). The van der Waals surface area contributed by atoms with Crippen LogP contribution in [0.4, 0.5) is 5.82 Å². The Kier molecular flexibility index (Phi) is 4.62. The number of nitrogens with zero attached hydrogens (tertiary/aromatic N) is 5. The summed E-state index contributed by atoms with van der Waals surface area (Å²) in [6, 6.07) is 3.96. The van der Waals surface area contributed by atoms with E-state index in [-0.39, 0.29) is 17.9 Å². The lowest BCUT2D eigenvalue weighted by Crippen LogP contribution is -2.69. The van der Waals surface area contributed by atoms with E-state index in [0.29, 0.717) is 5.92 Å². The molecule has 1 amide bonds. The van der Waals surface area contributed by atoms with E-state index in [1.54, 1.807) is 6.33 Å². The second kappa shape index (κ2) is 6.71. The van der Waals surface area contributed by atoms with E-state index in [0.717, 1.165) is 42.9 Å². The molecule has 2 aliphatic rings. The van der Waals surface area contributed by atoms with Gasteiger partial charge < -0.3 is 14.8 Å². The molecule has 1 N–H and O–H groups in total. The van der Waals surface area contributed by atoms with Crippen LogP contribution in [0.25, 0.3) is 11.0 Å². The first-order valence-electron chi connectivity index (χ1n) is 8.86. The number of H-pyrrole nitrogens is 1. The second-order valence-electron chi connectivity index (χ2n) is 6.45. The van der Waals surface area contributed by atoms with Gasteiger partial charge in [0, 0.05) is 25.8 Å². The first kappa shape index (κ1) is 17.2. The maximum Gasteiger partial charge on any atom is 0.237 e. The van der Waals surface area contributed by atoms with Crippen molar-refractivity contribution in [1.29, 1.82) is 5.26 Å². The minimum atomic E-state index is -0.151. The minimum Gasteiger partial charge on any atom is -0.353 e. The van der Waals surface area contributed by atoms with Crippen LogP contribution in [-0.2, 0) is 4.79 Å². The lowest BCUT2D eigenvalue weighted by atomic mass is 9.74. The Balaban J connectivity index is 0.000000880. The number of amides is 1. The number of hydrogen-bond donors (Lipinski definition) is 1. The van der Waals surface area contributed by atoms with Gasteiger partial charge in [0.1, 0.15) is 24.2 Å². The van der Waals surface area contributed by atoms with Gasteiger partial charge in [0.25, 0.3) is 0 Å². The average molecular weight is 340 g/mol. The maximum absolute atomic E-state index is 12.2. The quantitative estimate of drug-likeness (QED) is 0.906. The Labute approximate surface area is 147 Å². The number of fused-ring (bicyclic) bond motifs is 1. The number of hydrogen-bond acceptors (Lipinski definition) is 5. The Morgan fingerprint density at radius 1 is 1.48 bits per heavy atom. The predicted octanol–water partition coefficient (Wildman–Crippen LogP) is 2.32. The molecule has 0 saturated carbocycles. The SMILES string of the molecule is CC.CC1CN(C(=O)CC#N)C12CCN(c1ncnc3[nH]ccc13)C2. The lowest BCUT2D eigenvalue weighted by molar-refractivity contribution is -0.152. The monoisotopic (exact) mass is 340 g/mol. The van der Waals surface area contributed by atoms with Crippen LogP contribution in [0.2, 0.25) is 0 Å². The Morgan fingerprint density at radius 2 is 2.28 bits per heavy atom. The summed E-state index contributed by atoms with van der Waals surface area (Å²) in [7, 11) is 0. The number of carbonyl (C=O) groups is 1. The molecule has 0 radical (unpaired) electrons. The first-order valence-corrected chi connectivity index (χ1v) is 8.86. The molecule has 0 aliphatic carbocycles. The first-order chi connectivity index (χ1) is 12.2. The van der Waals surface area contributed by atoms with Gasteiger partial charge in [-0.05, 0) is 18.4 Å². The van der Waals surface area contributed by atoms with Crippen LogP contribution >= 0.6 is 0 Å². The molecule has 7 heteroatoms. The molecule has 2 atom stereocenters. The summed E-state index contributed by atoms with van der Waals surface area (Å²) in [6.07, 6.45) is 4.32. The highest BCUT2D eigenvalue weighted by Gasteiger charge is 2.56. The van der Waals surface area contributed by atoms with E-state index in [2.05, 4.69) is 26.8 Å². The average Bonchev–Trinajstić information content (AvgIpc) is 3.29. The highest BCUT2D eigenvalue weighted by Crippen LogP contribution is 2.45. The number of nitrogens with one attached hydrogen (secondary N) is 1. The summed E-state index contributed by atoms with van der Waals surface area (Å²) in [5.74, 6) is 1.31. The topological polar surface area (TPSA) is 88.9 Å². The highest BCUT2D eigenvalue weighted by atomic mass is 16.2. The number of aromatic amines is 1. The van der Waals surface area contributed by atoms with Crippen LogP contribution in [0.15, 0.2) is 18.6 Å². The van der Waals surface area contributed by atoms with Gasteiger partial charge in [-0.15, -0.1) is 0 Å². The molecule has 2 aliphatic heterocycles. The van der Waals surface area contributed by atoms with Crippen LogP contribution in [-0.4, -0.2) is 50.9 Å². The van der Waals surface area contributed by atoms with Crippen molar-refractivity contribution in [2.75, 3.05) is 24.5 Å². The van der Waals surface area contributed by atoms with Crippen LogP contribution in [0.1, 0.15) is 33.6 Å². The zero-order valence-electron chi connectivity index (χ0n) is 15.0. The molecule has 2 aromatic rings. The summed E-state index contributed by atoms with van der Waals surface area (Å²) in [5, 5.41) is 9.80. The van der Waals surface area contributed by atoms with Gasteiger partial charge in [-0.25, -0.2) is 9.97 Å². The van der Waals surface area contributed by atoms with Crippen molar-refractivity contribution in [3.63, 3.8) is 0 Å². The van der Waals surface area contributed by atoms with Gasteiger partial charge in [0.05, 0.1) is 17.0 Å². The fourth-order valence-corrected chi connectivity index (χ4v) is 4.02. The second-order valence-corrected chi connectivity index (χ2v) is 6.45. The van der Waals surface area contributed by atoms with Gasteiger partial charge >= 0.3 is 0 Å². The number of nitriles is 1. The number of rotatable bonds is 2. The standard InChI is InChI=1S/C16H18N6O.C2H6/c1-11-8-22(13(23)2-5-17)16(11)4-7-21(9-16)15-12-3-6-18-14(12)19-10-20-15;1-2/h3,6,10-11H,2,4,7-9H2,1H3,(H,18,19,20);1-2H3. The largest absolute Gasteiger partial charge is 0.353 e. The van der Waals surface area contributed by atoms with Crippen molar-refractivity contribution in [3.05, 3.63) is 18.6 Å². The summed E-state index contributed by atoms with van der Waals surface area (Å²) in [4.78, 5) is 28.1. The molecule has 2 aromatic heterocycles. The molecule has 0 bridgehead atoms. The molecule has 0 aromatic carbocycles. The summed E-state index contributed by atoms with van der Waals surface area (Å²) < 4.78 is 0. The molecule has 2 saturated heterocycles. The molecule has 2 unspecified atom stereocenters. The van der Waals surface area contributed by atoms with Crippen molar-refractivity contribution < 1.29 is 4.79 Å². The fourth-order valence-electron chi connectivity index (χ4n) is 4.02. The van der Waals surface area contributed by atoms with Crippen molar-refractivity contribution in [2.45, 2.75) is 39.2 Å². The van der Waals surface area contributed by atoms with E-state index < -0.39 is 0 Å². The van der Waals surface area contributed by atoms with Crippen LogP contribution in [0.5, 0.6) is 0 Å². The summed E-state index contributed by atoms with van der Waals surface area (Å²) in [6.45, 7) is 8.56. The van der Waals surface area contributed by atoms with Gasteiger partial charge in [-0.2, -0.15) is 5.26 Å². The zero-order chi connectivity index (χ0) is 18.0. The Bertz CT molecular complexity index is 809. The van der Waals surface area contributed by atoms with Crippen molar-refractivity contribution in [3.8, 4) is 6.07 Å². The molecule has 4 heterocycles. The predicted molar refractivity (Wildman–Crippen MR) is 95.9 cm³/mol. The maximum atomic E-state index is 12.2. The third kappa shape index (κ3) is 2.62. The highest BCUT2D eigenvalue weighted by molar-refractivity contribution is 5.87. The fraction of sp³-hybridized carbons (Fsp3) is 0.556. The molecule has 25 heavy (non-hydrogen) atoms. The van der Waals surface area contributed by atoms with E-state index >= 15 is 0 Å². The number of anilines is 1. The smallest absolute Gasteiger partial charge is 0.237 e. The number of likely N-dealkylation sites (tertiary alicyclic amines) is 1. The molecule has 1 spiro atoms. The van der Waals surface area contributed by atoms with Gasteiger partial charge in [0.15, 0.2) is 0 Å². The Hall–Kier alpha value is -2.62. The van der Waals surface area contributed by atoms with Crippen LogP contribution < -0.4 is 4.90 Å². The Morgan fingerprint density at radius 3 is 3.00 bits per heavy atom. The van der Waals surface area contributed by atoms with Gasteiger partial charge in [-0.3, -0.25) is 4.79 Å². The van der Waals surface area contributed by atoms with E-state index in [1.165, 1.54) is 0 Å². The molecule has 7 nitrogen and oxygen atoms in total. The lowest BCUT2D eigenvalue weighted by Gasteiger charge is -2.55. The molecule has 2 fully saturated rings. The molecular formula is C18H24N6O. The van der Waals surface area contributed by atoms with Crippen molar-refractivity contribution in [1.82, 2.24) is 19.9 Å². The summed E-state index contributed by atoms with van der Waals surface area (Å²) >= 11 is 0. The minimum absolute atomic E-state index is 0.0377. The van der Waals surface area contributed by atoms with E-state index in [1.807, 2.05) is 37.1 Å². The van der Waals surface area contributed by atoms with Gasteiger partial charge in [-0.1, -0.05) is 20.8 Å². The van der Waals surface area contributed by atoms with Crippen molar-refractivity contribution >= 4 is 22.8 Å². The third-order valence-corrected chi connectivity index (χ3v) is 5.35. The number of carbonyl (C=O) groups excluding carboxylic acids is 1. The summed E-state index contributed by atoms with van der Waals surface area (Å²) in [5.41, 5.74) is 0.677. The molecule has 132 valence electrons. The zero-order valence-corrected chi connectivity index (χ0v) is 15.0. The molecular weight excluding hydrogens is 316 g/mol.